The van der Waals surface area contributed by atoms with E-state index in [9.17, 15) is 0 Å². The molecule has 0 spiro atoms. The summed E-state index contributed by atoms with van der Waals surface area (Å²) in [6, 6.07) is 11.0. The lowest BCUT2D eigenvalue weighted by molar-refractivity contribution is 0.148. The Balaban J connectivity index is 1.57. The zero-order chi connectivity index (χ0) is 22.7. The normalized spacial score (nSPS) is 15.8. The molecule has 0 amide bonds. The van der Waals surface area contributed by atoms with E-state index in [2.05, 4.69) is 66.4 Å². The minimum absolute atomic E-state index is 0.506. The van der Waals surface area contributed by atoms with Crippen LogP contribution in [0.1, 0.15) is 122 Å². The zero-order valence-electron chi connectivity index (χ0n) is 21.4. The van der Waals surface area contributed by atoms with Crippen molar-refractivity contribution in [2.45, 2.75) is 129 Å². The van der Waals surface area contributed by atoms with E-state index in [1.807, 2.05) is 0 Å². The molecule has 0 saturated heterocycles. The van der Waals surface area contributed by atoms with E-state index < -0.39 is 0 Å². The number of unbranched alkanes of at least 4 members (excludes halogenated alkanes) is 14. The average Bonchev–Trinajstić information content (AvgIpc) is 3.19. The molecule has 0 radical (unpaired) electrons. The monoisotopic (exact) mass is 440 g/mol. The van der Waals surface area contributed by atoms with Crippen molar-refractivity contribution in [2.75, 3.05) is 13.1 Å². The van der Waals surface area contributed by atoms with Crippen LogP contribution in [0, 0.1) is 0 Å². The number of hydrogen-bond donors (Lipinski definition) is 0. The first kappa shape index (κ1) is 26.8. The van der Waals surface area contributed by atoms with Crippen LogP contribution in [0.5, 0.6) is 0 Å². The highest BCUT2D eigenvalue weighted by atomic mass is 15.4. The summed E-state index contributed by atoms with van der Waals surface area (Å²) in [6.07, 6.45) is 28.8. The van der Waals surface area contributed by atoms with Gasteiger partial charge in [-0.25, -0.2) is 0 Å². The van der Waals surface area contributed by atoms with Gasteiger partial charge in [0, 0.05) is 31.9 Å². The highest BCUT2D eigenvalue weighted by molar-refractivity contribution is 5.17. The summed E-state index contributed by atoms with van der Waals surface area (Å²) < 4.78 is 0. The molecule has 1 aliphatic rings. The Morgan fingerprint density at radius 2 is 0.938 bits per heavy atom. The van der Waals surface area contributed by atoms with E-state index in [1.165, 1.54) is 121 Å². The third-order valence-electron chi connectivity index (χ3n) is 7.02. The first-order chi connectivity index (χ1) is 15.8. The molecule has 2 heteroatoms. The minimum atomic E-state index is 0.506. The van der Waals surface area contributed by atoms with Crippen LogP contribution in [0.15, 0.2) is 42.7 Å². The molecule has 0 aliphatic carbocycles. The van der Waals surface area contributed by atoms with Gasteiger partial charge in [0.1, 0.15) is 6.17 Å². The Labute approximate surface area is 200 Å². The maximum atomic E-state index is 2.61. The quantitative estimate of drug-likeness (QED) is 0.187. The Morgan fingerprint density at radius 1 is 0.531 bits per heavy atom. The summed E-state index contributed by atoms with van der Waals surface area (Å²) >= 11 is 0. The molecule has 1 unspecified atom stereocenters. The second-order valence-electron chi connectivity index (χ2n) is 9.89. The van der Waals surface area contributed by atoms with Crippen LogP contribution in [0.2, 0.25) is 0 Å². The Kier molecular flexibility index (Phi) is 15.1. The molecular formula is C30H52N2. The average molecular weight is 441 g/mol. The van der Waals surface area contributed by atoms with Gasteiger partial charge in [-0.3, -0.25) is 0 Å². The van der Waals surface area contributed by atoms with Crippen LogP contribution in [0.4, 0.5) is 0 Å². The molecule has 1 aliphatic heterocycles. The summed E-state index contributed by atoms with van der Waals surface area (Å²) in [7, 11) is 0. The van der Waals surface area contributed by atoms with Gasteiger partial charge in [-0.05, 0) is 18.4 Å². The lowest BCUT2D eigenvalue weighted by Gasteiger charge is -2.33. The smallest absolute Gasteiger partial charge is 0.105 e. The topological polar surface area (TPSA) is 6.48 Å². The van der Waals surface area contributed by atoms with E-state index in [0.29, 0.717) is 6.17 Å². The highest BCUT2D eigenvalue weighted by Crippen LogP contribution is 2.22. The molecule has 1 atom stereocenters. The molecule has 0 N–H and O–H groups in total. The summed E-state index contributed by atoms with van der Waals surface area (Å²) in [5.41, 5.74) is 1.46. The van der Waals surface area contributed by atoms with Crippen molar-refractivity contribution in [1.82, 2.24) is 9.80 Å². The first-order valence-electron chi connectivity index (χ1n) is 14.1. The summed E-state index contributed by atoms with van der Waals surface area (Å²) in [5, 5.41) is 0. The third-order valence-corrected chi connectivity index (χ3v) is 7.02. The number of hydrogen-bond acceptors (Lipinski definition) is 2. The second-order valence-corrected chi connectivity index (χ2v) is 9.89. The second kappa shape index (κ2) is 18.0. The van der Waals surface area contributed by atoms with Gasteiger partial charge in [0.2, 0.25) is 0 Å². The van der Waals surface area contributed by atoms with Crippen molar-refractivity contribution in [1.29, 1.82) is 0 Å². The maximum Gasteiger partial charge on any atom is 0.105 e. The van der Waals surface area contributed by atoms with Crippen molar-refractivity contribution >= 4 is 0 Å². The SMILES string of the molecule is CCCCCCCCCCCCCCCN1C=CN(CCCCC)C1Cc1ccccc1. The predicted octanol–water partition coefficient (Wildman–Crippen LogP) is 8.93. The highest BCUT2D eigenvalue weighted by Gasteiger charge is 2.25. The Hall–Kier alpha value is -1.44. The molecule has 1 heterocycles. The van der Waals surface area contributed by atoms with Gasteiger partial charge in [0.15, 0.2) is 0 Å². The molecule has 0 bridgehead atoms. The van der Waals surface area contributed by atoms with E-state index in [4.69, 9.17) is 0 Å². The molecule has 1 aromatic rings. The van der Waals surface area contributed by atoms with Crippen molar-refractivity contribution in [3.8, 4) is 0 Å². The van der Waals surface area contributed by atoms with Gasteiger partial charge in [0.25, 0.3) is 0 Å². The molecule has 1 aromatic carbocycles. The lowest BCUT2D eigenvalue weighted by Crippen LogP contribution is -2.41. The van der Waals surface area contributed by atoms with Crippen LogP contribution in [-0.2, 0) is 6.42 Å². The van der Waals surface area contributed by atoms with Crippen molar-refractivity contribution < 1.29 is 0 Å². The predicted molar refractivity (Wildman–Crippen MR) is 142 cm³/mol. The molecule has 182 valence electrons. The summed E-state index contributed by atoms with van der Waals surface area (Å²) in [5.74, 6) is 0. The van der Waals surface area contributed by atoms with Crippen LogP contribution in [0.25, 0.3) is 0 Å². The van der Waals surface area contributed by atoms with Gasteiger partial charge in [-0.2, -0.15) is 0 Å². The largest absolute Gasteiger partial charge is 0.356 e. The van der Waals surface area contributed by atoms with Crippen LogP contribution >= 0.6 is 0 Å². The van der Waals surface area contributed by atoms with E-state index in [1.54, 1.807) is 0 Å². The van der Waals surface area contributed by atoms with Crippen molar-refractivity contribution in [2.24, 2.45) is 0 Å². The molecule has 2 rings (SSSR count). The lowest BCUT2D eigenvalue weighted by atomic mass is 10.0. The molecule has 0 saturated carbocycles. The minimum Gasteiger partial charge on any atom is -0.356 e. The van der Waals surface area contributed by atoms with Gasteiger partial charge in [-0.15, -0.1) is 0 Å². The van der Waals surface area contributed by atoms with Crippen molar-refractivity contribution in [3.05, 3.63) is 48.3 Å². The van der Waals surface area contributed by atoms with Crippen LogP contribution in [-0.4, -0.2) is 29.1 Å². The molecule has 32 heavy (non-hydrogen) atoms. The van der Waals surface area contributed by atoms with Crippen LogP contribution < -0.4 is 0 Å². The van der Waals surface area contributed by atoms with Crippen LogP contribution in [0.3, 0.4) is 0 Å². The van der Waals surface area contributed by atoms with Crippen molar-refractivity contribution in [3.63, 3.8) is 0 Å². The fraction of sp³-hybridized carbons (Fsp3) is 0.733. The maximum absolute atomic E-state index is 2.61. The Morgan fingerprint density at radius 3 is 1.44 bits per heavy atom. The number of benzene rings is 1. The van der Waals surface area contributed by atoms with E-state index in [-0.39, 0.29) is 0 Å². The van der Waals surface area contributed by atoms with Gasteiger partial charge >= 0.3 is 0 Å². The molecular weight excluding hydrogens is 388 g/mol. The zero-order valence-corrected chi connectivity index (χ0v) is 21.4. The van der Waals surface area contributed by atoms with Gasteiger partial charge < -0.3 is 9.80 Å². The number of rotatable bonds is 20. The first-order valence-corrected chi connectivity index (χ1v) is 14.1. The molecule has 0 aromatic heterocycles. The fourth-order valence-corrected chi connectivity index (χ4v) is 4.92. The van der Waals surface area contributed by atoms with E-state index >= 15 is 0 Å². The standard InChI is InChI=1S/C30H52N2/c1-3-5-7-8-9-10-11-12-13-14-15-16-21-25-32-27-26-31(24-20-6-4-2)30(32)28-29-22-18-17-19-23-29/h17-19,22-23,26-27,30H,3-16,20-21,24-25,28H2,1-2H3. The Bertz CT molecular complexity index is 567. The van der Waals surface area contributed by atoms with Gasteiger partial charge in [0.05, 0.1) is 0 Å². The summed E-state index contributed by atoms with van der Waals surface area (Å²) in [6.45, 7) is 6.99. The fourth-order valence-electron chi connectivity index (χ4n) is 4.92. The van der Waals surface area contributed by atoms with Gasteiger partial charge in [-0.1, -0.05) is 134 Å². The van der Waals surface area contributed by atoms with E-state index in [0.717, 1.165) is 6.42 Å². The molecule has 2 nitrogen and oxygen atoms in total. The molecule has 0 fully saturated rings. The summed E-state index contributed by atoms with van der Waals surface area (Å²) in [4.78, 5) is 5.20. The third kappa shape index (κ3) is 11.4. The number of nitrogens with zero attached hydrogens (tertiary/aromatic N) is 2.